The molecule has 0 saturated carbocycles. The molecule has 0 fully saturated rings. The monoisotopic (exact) mass is 307 g/mol. The molecule has 0 aliphatic carbocycles. The summed E-state index contributed by atoms with van der Waals surface area (Å²) in [6.45, 7) is 2.73. The van der Waals surface area contributed by atoms with Gasteiger partial charge >= 0.3 is 0 Å². The summed E-state index contributed by atoms with van der Waals surface area (Å²) in [5.74, 6) is 0.774. The fraction of sp³-hybridized carbons (Fsp3) is 0.214. The molecule has 1 N–H and O–H groups in total. The van der Waals surface area contributed by atoms with Gasteiger partial charge in [0, 0.05) is 36.6 Å². The summed E-state index contributed by atoms with van der Waals surface area (Å²) in [6, 6.07) is 6.12. The summed E-state index contributed by atoms with van der Waals surface area (Å²) in [6.07, 6.45) is 3.89. The number of nitrogens with zero attached hydrogens (tertiary/aromatic N) is 2. The summed E-state index contributed by atoms with van der Waals surface area (Å²) >= 11 is 5.83. The number of halogens is 1. The second-order valence-electron chi connectivity index (χ2n) is 4.34. The largest absolute Gasteiger partial charge is 0.455 e. The molecule has 1 aromatic heterocycles. The second kappa shape index (κ2) is 6.90. The van der Waals surface area contributed by atoms with Crippen molar-refractivity contribution in [2.75, 3.05) is 11.9 Å². The van der Waals surface area contributed by atoms with E-state index in [1.165, 1.54) is 24.5 Å². The maximum atomic E-state index is 11.0. The molecule has 0 aliphatic heterocycles. The molecular formula is C14H14ClN3O3. The van der Waals surface area contributed by atoms with E-state index in [0.29, 0.717) is 22.2 Å². The van der Waals surface area contributed by atoms with Crippen molar-refractivity contribution < 1.29 is 9.66 Å². The smallest absolute Gasteiger partial charge is 0.275 e. The summed E-state index contributed by atoms with van der Waals surface area (Å²) in [7, 11) is 0. The molecule has 0 unspecified atom stereocenters. The van der Waals surface area contributed by atoms with Gasteiger partial charge in [0.05, 0.1) is 22.2 Å². The van der Waals surface area contributed by atoms with Crippen LogP contribution >= 0.6 is 11.6 Å². The highest BCUT2D eigenvalue weighted by Crippen LogP contribution is 2.30. The molecule has 0 radical (unpaired) electrons. The van der Waals surface area contributed by atoms with E-state index in [2.05, 4.69) is 10.3 Å². The molecule has 21 heavy (non-hydrogen) atoms. The molecule has 110 valence electrons. The number of nitrogens with one attached hydrogen (secondary N) is 1. The Bertz CT molecular complexity index is 649. The van der Waals surface area contributed by atoms with Gasteiger partial charge in [0.1, 0.15) is 11.5 Å². The van der Waals surface area contributed by atoms with Crippen LogP contribution in [0.15, 0.2) is 36.7 Å². The van der Waals surface area contributed by atoms with Crippen LogP contribution in [0.5, 0.6) is 11.5 Å². The van der Waals surface area contributed by atoms with Gasteiger partial charge < -0.3 is 10.1 Å². The Morgan fingerprint density at radius 2 is 2.10 bits per heavy atom. The van der Waals surface area contributed by atoms with Gasteiger partial charge in [-0.05, 0) is 6.42 Å². The van der Waals surface area contributed by atoms with Crippen LogP contribution in [0.2, 0.25) is 5.02 Å². The molecule has 0 atom stereocenters. The molecule has 0 spiro atoms. The first-order chi connectivity index (χ1) is 10.1. The van der Waals surface area contributed by atoms with Crippen LogP contribution in [0.25, 0.3) is 0 Å². The minimum absolute atomic E-state index is 0.0407. The van der Waals surface area contributed by atoms with Gasteiger partial charge in [-0.2, -0.15) is 0 Å². The van der Waals surface area contributed by atoms with E-state index in [0.717, 1.165) is 13.0 Å². The average molecular weight is 308 g/mol. The number of hydrogen-bond donors (Lipinski definition) is 1. The molecule has 1 aromatic carbocycles. The molecule has 7 heteroatoms. The van der Waals surface area contributed by atoms with Crippen molar-refractivity contribution in [3.05, 3.63) is 51.8 Å². The van der Waals surface area contributed by atoms with Gasteiger partial charge in [-0.25, -0.2) is 0 Å². The zero-order valence-electron chi connectivity index (χ0n) is 11.4. The van der Waals surface area contributed by atoms with Crippen LogP contribution < -0.4 is 10.1 Å². The van der Waals surface area contributed by atoms with Crippen molar-refractivity contribution in [2.45, 2.75) is 13.3 Å². The van der Waals surface area contributed by atoms with Gasteiger partial charge in [-0.3, -0.25) is 15.1 Å². The molecule has 2 rings (SSSR count). The fourth-order valence-electron chi connectivity index (χ4n) is 1.70. The van der Waals surface area contributed by atoms with E-state index in [1.807, 2.05) is 6.92 Å². The lowest BCUT2D eigenvalue weighted by molar-refractivity contribution is -0.384. The third-order valence-corrected chi connectivity index (χ3v) is 2.80. The quantitative estimate of drug-likeness (QED) is 0.637. The zero-order chi connectivity index (χ0) is 15.2. The van der Waals surface area contributed by atoms with Crippen molar-refractivity contribution in [2.24, 2.45) is 0 Å². The first-order valence-corrected chi connectivity index (χ1v) is 6.78. The number of nitro groups is 1. The third kappa shape index (κ3) is 4.32. The van der Waals surface area contributed by atoms with Gasteiger partial charge in [-0.15, -0.1) is 0 Å². The Morgan fingerprint density at radius 1 is 1.29 bits per heavy atom. The highest BCUT2D eigenvalue weighted by atomic mass is 35.5. The Hall–Kier alpha value is -2.34. The Balaban J connectivity index is 2.28. The normalized spacial score (nSPS) is 10.2. The Morgan fingerprint density at radius 3 is 2.76 bits per heavy atom. The van der Waals surface area contributed by atoms with Crippen molar-refractivity contribution in [1.82, 2.24) is 4.98 Å². The lowest BCUT2D eigenvalue weighted by Crippen LogP contribution is -2.01. The second-order valence-corrected chi connectivity index (χ2v) is 4.78. The molecule has 6 nitrogen and oxygen atoms in total. The van der Waals surface area contributed by atoms with E-state index in [1.54, 1.807) is 12.1 Å². The summed E-state index contributed by atoms with van der Waals surface area (Å²) < 4.78 is 5.58. The van der Waals surface area contributed by atoms with E-state index in [9.17, 15) is 10.1 Å². The minimum Gasteiger partial charge on any atom is -0.455 e. The number of rotatable bonds is 6. The predicted molar refractivity (Wildman–Crippen MR) is 81.2 cm³/mol. The number of hydrogen-bond acceptors (Lipinski definition) is 5. The highest BCUT2D eigenvalue weighted by molar-refractivity contribution is 6.30. The average Bonchev–Trinajstić information content (AvgIpc) is 2.45. The van der Waals surface area contributed by atoms with Crippen molar-refractivity contribution >= 4 is 23.0 Å². The highest BCUT2D eigenvalue weighted by Gasteiger charge is 2.11. The predicted octanol–water partition coefficient (Wildman–Crippen LogP) is 4.26. The first kappa shape index (κ1) is 15.1. The van der Waals surface area contributed by atoms with E-state index in [-0.39, 0.29) is 5.69 Å². The summed E-state index contributed by atoms with van der Waals surface area (Å²) in [4.78, 5) is 14.4. The molecular weight excluding hydrogens is 294 g/mol. The number of pyridine rings is 1. The van der Waals surface area contributed by atoms with Crippen molar-refractivity contribution in [1.29, 1.82) is 0 Å². The van der Waals surface area contributed by atoms with Crippen molar-refractivity contribution in [3.8, 4) is 11.5 Å². The number of ether oxygens (including phenoxy) is 1. The number of aromatic nitrogens is 1. The molecule has 1 heterocycles. The van der Waals surface area contributed by atoms with Crippen LogP contribution in [0.3, 0.4) is 0 Å². The standard InChI is InChI=1S/C14H14ClN3O3/c1-2-3-17-11-5-12(18(19)20)7-13(6-11)21-14-4-10(15)8-16-9-14/h4-9,17H,2-3H2,1H3. The third-order valence-electron chi connectivity index (χ3n) is 2.60. The van der Waals surface area contributed by atoms with Crippen LogP contribution in [0.4, 0.5) is 11.4 Å². The van der Waals surface area contributed by atoms with Crippen molar-refractivity contribution in [3.63, 3.8) is 0 Å². The Labute approximate surface area is 126 Å². The molecule has 0 aliphatic rings. The summed E-state index contributed by atoms with van der Waals surface area (Å²) in [5.41, 5.74) is 0.595. The minimum atomic E-state index is -0.458. The topological polar surface area (TPSA) is 77.3 Å². The molecule has 0 saturated heterocycles. The first-order valence-electron chi connectivity index (χ1n) is 6.40. The number of anilines is 1. The van der Waals surface area contributed by atoms with Crippen LogP contribution in [0, 0.1) is 10.1 Å². The molecule has 2 aromatic rings. The maximum Gasteiger partial charge on any atom is 0.275 e. The van der Waals surface area contributed by atoms with E-state index in [4.69, 9.17) is 16.3 Å². The van der Waals surface area contributed by atoms with Crippen LogP contribution in [0.1, 0.15) is 13.3 Å². The zero-order valence-corrected chi connectivity index (χ0v) is 12.1. The van der Waals surface area contributed by atoms with Gasteiger partial charge in [0.25, 0.3) is 5.69 Å². The Kier molecular flexibility index (Phi) is 4.94. The molecule has 0 amide bonds. The fourth-order valence-corrected chi connectivity index (χ4v) is 1.87. The maximum absolute atomic E-state index is 11.0. The van der Waals surface area contributed by atoms with Crippen LogP contribution in [-0.4, -0.2) is 16.5 Å². The SMILES string of the molecule is CCCNc1cc(Oc2cncc(Cl)c2)cc([N+](=O)[O-])c1. The van der Waals surface area contributed by atoms with Gasteiger partial charge in [-0.1, -0.05) is 18.5 Å². The number of benzene rings is 1. The molecule has 0 bridgehead atoms. The van der Waals surface area contributed by atoms with E-state index >= 15 is 0 Å². The van der Waals surface area contributed by atoms with Gasteiger partial charge in [0.2, 0.25) is 0 Å². The lowest BCUT2D eigenvalue weighted by atomic mass is 10.2. The number of non-ortho nitro benzene ring substituents is 1. The summed E-state index contributed by atoms with van der Waals surface area (Å²) in [5, 5.41) is 14.5. The lowest BCUT2D eigenvalue weighted by Gasteiger charge is -2.09. The van der Waals surface area contributed by atoms with E-state index < -0.39 is 4.92 Å². The van der Waals surface area contributed by atoms with Crippen LogP contribution in [-0.2, 0) is 0 Å². The number of nitro benzene ring substituents is 1. The van der Waals surface area contributed by atoms with Gasteiger partial charge in [0.15, 0.2) is 0 Å².